The van der Waals surface area contributed by atoms with Crippen molar-refractivity contribution in [2.75, 3.05) is 5.32 Å². The van der Waals surface area contributed by atoms with E-state index in [1.54, 1.807) is 22.6 Å². The van der Waals surface area contributed by atoms with Crippen LogP contribution >= 0.6 is 0 Å². The van der Waals surface area contributed by atoms with E-state index in [1.165, 1.54) is 6.20 Å². The van der Waals surface area contributed by atoms with Crippen molar-refractivity contribution in [3.05, 3.63) is 65.1 Å². The molecule has 2 aromatic heterocycles. The number of imidazole rings is 1. The number of benzene rings is 1. The van der Waals surface area contributed by atoms with E-state index in [4.69, 9.17) is 10.9 Å². The fraction of sp³-hybridized carbons (Fsp3) is 0.118. The zero-order valence-corrected chi connectivity index (χ0v) is 15.6. The molecule has 1 radical (unpaired) electrons. The van der Waals surface area contributed by atoms with Gasteiger partial charge in [0.15, 0.2) is 5.84 Å². The van der Waals surface area contributed by atoms with E-state index in [0.717, 1.165) is 11.1 Å². The van der Waals surface area contributed by atoms with Gasteiger partial charge in [0.05, 0.1) is 6.20 Å². The number of aryl methyl sites for hydroxylation is 2. The molecule has 0 fully saturated rings. The molecule has 1 aromatic carbocycles. The number of amidine groups is 1. The number of aromatic nitrogens is 2. The van der Waals surface area contributed by atoms with Crippen LogP contribution in [0.15, 0.2) is 47.9 Å². The van der Waals surface area contributed by atoms with Crippen LogP contribution in [0.5, 0.6) is 0 Å². The Balaban J connectivity index is 0.00000225. The predicted octanol–water partition coefficient (Wildman–Crippen LogP) is 1.65. The molecule has 0 aliphatic heterocycles. The summed E-state index contributed by atoms with van der Waals surface area (Å²) in [5.41, 5.74) is 9.78. The number of anilines is 1. The number of fused-ring (bicyclic) bond motifs is 1. The van der Waals surface area contributed by atoms with Crippen LogP contribution < -0.4 is 11.1 Å². The number of hydrogen-bond acceptors (Lipinski definition) is 4. The molecule has 0 saturated heterocycles. The SMILES string of the molecule is Cc1ccn2c(C(=O)Nc3cc(/C(N)=N/O)ccc3C)cnc2c1.[SeH]. The summed E-state index contributed by atoms with van der Waals surface area (Å²) >= 11 is 0. The fourth-order valence-corrected chi connectivity index (χ4v) is 2.41. The maximum absolute atomic E-state index is 12.6. The summed E-state index contributed by atoms with van der Waals surface area (Å²) in [6.07, 6.45) is 3.35. The third-order valence-electron chi connectivity index (χ3n) is 3.79. The van der Waals surface area contributed by atoms with E-state index < -0.39 is 0 Å². The molecule has 0 bridgehead atoms. The first-order chi connectivity index (χ1) is 11.5. The molecule has 0 aliphatic carbocycles. The van der Waals surface area contributed by atoms with E-state index in [0.29, 0.717) is 22.6 Å². The summed E-state index contributed by atoms with van der Waals surface area (Å²) < 4.78 is 1.73. The van der Waals surface area contributed by atoms with Crippen LogP contribution in [0.3, 0.4) is 0 Å². The maximum atomic E-state index is 12.6. The number of nitrogens with one attached hydrogen (secondary N) is 1. The van der Waals surface area contributed by atoms with E-state index in [1.807, 2.05) is 32.2 Å². The molecule has 3 aromatic rings. The third-order valence-corrected chi connectivity index (χ3v) is 3.79. The second-order valence-corrected chi connectivity index (χ2v) is 5.54. The van der Waals surface area contributed by atoms with Crippen molar-refractivity contribution >= 4 is 40.1 Å². The number of amides is 1. The van der Waals surface area contributed by atoms with Crippen molar-refractivity contribution < 1.29 is 10.0 Å². The Bertz CT molecular complexity index is 965. The Morgan fingerprint density at radius 1 is 1.28 bits per heavy atom. The van der Waals surface area contributed by atoms with Crippen LogP contribution in [0, 0.1) is 13.8 Å². The second kappa shape index (κ2) is 7.38. The molecule has 2 heterocycles. The van der Waals surface area contributed by atoms with Gasteiger partial charge in [-0.15, -0.1) is 0 Å². The molecule has 0 spiro atoms. The van der Waals surface area contributed by atoms with E-state index >= 15 is 0 Å². The predicted molar refractivity (Wildman–Crippen MR) is 98.7 cm³/mol. The van der Waals surface area contributed by atoms with Gasteiger partial charge in [-0.1, -0.05) is 17.3 Å². The van der Waals surface area contributed by atoms with Crippen LogP contribution in [-0.2, 0) is 0 Å². The Morgan fingerprint density at radius 2 is 2.04 bits per heavy atom. The zero-order chi connectivity index (χ0) is 17.3. The van der Waals surface area contributed by atoms with Crippen LogP contribution in [0.4, 0.5) is 5.69 Å². The number of hydrogen-bond donors (Lipinski definition) is 3. The average Bonchev–Trinajstić information content (AvgIpc) is 2.99. The molecule has 4 N–H and O–H groups in total. The molecular weight excluding hydrogens is 385 g/mol. The Labute approximate surface area is 155 Å². The number of pyridine rings is 1. The fourth-order valence-electron chi connectivity index (χ4n) is 2.41. The standard InChI is InChI=1S/C17H17N5O2.HSe/c1-10-5-6-22-14(9-19-15(22)7-10)17(23)20-13-8-12(16(18)21-24)4-3-11(13)2;/h3-9,24H,1-2H3,(H2,18,21)(H,20,23);1H. The topological polar surface area (TPSA) is 105 Å². The summed E-state index contributed by atoms with van der Waals surface area (Å²) in [5.74, 6) is -0.304. The molecule has 0 saturated carbocycles. The van der Waals surface area contributed by atoms with Crippen molar-refractivity contribution in [2.45, 2.75) is 13.8 Å². The van der Waals surface area contributed by atoms with Gasteiger partial charge in [-0.3, -0.25) is 9.20 Å². The third kappa shape index (κ3) is 3.65. The average molecular weight is 403 g/mol. The van der Waals surface area contributed by atoms with E-state index in [-0.39, 0.29) is 28.8 Å². The van der Waals surface area contributed by atoms with Crippen molar-refractivity contribution in [3.8, 4) is 0 Å². The van der Waals surface area contributed by atoms with Gasteiger partial charge in [-0.25, -0.2) is 4.98 Å². The molecule has 3 rings (SSSR count). The van der Waals surface area contributed by atoms with Crippen LogP contribution in [0.2, 0.25) is 0 Å². The van der Waals surface area contributed by atoms with Crippen molar-refractivity contribution in [1.82, 2.24) is 9.38 Å². The van der Waals surface area contributed by atoms with Gasteiger partial charge in [0.1, 0.15) is 11.3 Å². The summed E-state index contributed by atoms with van der Waals surface area (Å²) in [5, 5.41) is 14.6. The van der Waals surface area contributed by atoms with Gasteiger partial charge in [0, 0.05) is 17.4 Å². The van der Waals surface area contributed by atoms with Crippen LogP contribution in [0.25, 0.3) is 5.65 Å². The van der Waals surface area contributed by atoms with Crippen molar-refractivity contribution in [3.63, 3.8) is 0 Å². The number of carbonyl (C=O) groups excluding carboxylic acids is 1. The van der Waals surface area contributed by atoms with Crippen molar-refractivity contribution in [2.24, 2.45) is 10.9 Å². The molecule has 0 atom stereocenters. The van der Waals surface area contributed by atoms with Crippen LogP contribution in [0.1, 0.15) is 27.2 Å². The molecule has 0 aliphatic rings. The van der Waals surface area contributed by atoms with E-state index in [9.17, 15) is 4.79 Å². The summed E-state index contributed by atoms with van der Waals surface area (Å²) in [7, 11) is 0. The number of carbonyl (C=O) groups is 1. The van der Waals surface area contributed by atoms with Gasteiger partial charge < -0.3 is 16.3 Å². The number of nitrogens with two attached hydrogens (primary N) is 1. The first-order valence-corrected chi connectivity index (χ1v) is 7.33. The Kier molecular flexibility index (Phi) is 5.46. The van der Waals surface area contributed by atoms with Gasteiger partial charge in [0.2, 0.25) is 0 Å². The minimum absolute atomic E-state index is 0. The Hall–Kier alpha value is -2.83. The molecule has 8 heteroatoms. The van der Waals surface area contributed by atoms with Gasteiger partial charge in [-0.2, -0.15) is 0 Å². The monoisotopic (exact) mass is 404 g/mol. The number of nitrogens with zero attached hydrogens (tertiary/aromatic N) is 3. The zero-order valence-electron chi connectivity index (χ0n) is 13.8. The summed E-state index contributed by atoms with van der Waals surface area (Å²) in [6.45, 7) is 3.83. The number of oxime groups is 1. The molecule has 0 unspecified atom stereocenters. The van der Waals surface area contributed by atoms with Gasteiger partial charge >= 0.3 is 17.1 Å². The molecule has 129 valence electrons. The summed E-state index contributed by atoms with van der Waals surface area (Å²) in [6, 6.07) is 8.99. The first kappa shape index (κ1) is 18.5. The Morgan fingerprint density at radius 3 is 2.76 bits per heavy atom. The second-order valence-electron chi connectivity index (χ2n) is 5.54. The first-order valence-electron chi connectivity index (χ1n) is 7.33. The van der Waals surface area contributed by atoms with Gasteiger partial charge in [0.25, 0.3) is 5.91 Å². The van der Waals surface area contributed by atoms with E-state index in [2.05, 4.69) is 15.5 Å². The van der Waals surface area contributed by atoms with Crippen molar-refractivity contribution in [1.29, 1.82) is 0 Å². The minimum atomic E-state index is -0.286. The molecule has 7 nitrogen and oxygen atoms in total. The quantitative estimate of drug-likeness (QED) is 0.203. The van der Waals surface area contributed by atoms with Gasteiger partial charge in [-0.05, 0) is 43.2 Å². The molecule has 1 amide bonds. The van der Waals surface area contributed by atoms with Crippen LogP contribution in [-0.4, -0.2) is 43.4 Å². The molecular formula is C17H18N5O2Se. The normalized spacial score (nSPS) is 11.2. The molecule has 25 heavy (non-hydrogen) atoms. The summed E-state index contributed by atoms with van der Waals surface area (Å²) in [4.78, 5) is 16.8. The number of rotatable bonds is 3.